The first-order valence-corrected chi connectivity index (χ1v) is 2.30. The normalized spacial score (nSPS) is 8.80. The van der Waals surface area contributed by atoms with Gasteiger partial charge in [-0.3, -0.25) is 4.79 Å². The van der Waals surface area contributed by atoms with Crippen LogP contribution in [0.5, 0.6) is 0 Å². The van der Waals surface area contributed by atoms with Crippen LogP contribution in [0.1, 0.15) is 0 Å². The number of alkyl halides is 2. The first kappa shape index (κ1) is 12.3. The summed E-state index contributed by atoms with van der Waals surface area (Å²) >= 11 is 0. The maximum atomic E-state index is 11.2. The highest BCUT2D eigenvalue weighted by atomic mass is 35.5. The number of halogens is 3. The number of esters is 1. The molecule has 0 saturated heterocycles. The van der Waals surface area contributed by atoms with Crippen LogP contribution in [0.4, 0.5) is 8.78 Å². The number of ether oxygens (including phenoxy) is 1. The Bertz CT molecular complexity index is 101. The van der Waals surface area contributed by atoms with Crippen LogP contribution in [0.15, 0.2) is 0 Å². The van der Waals surface area contributed by atoms with Crippen LogP contribution >= 0.6 is 12.4 Å². The number of hydrogen-bond donors (Lipinski definition) is 1. The van der Waals surface area contributed by atoms with Crippen molar-refractivity contribution in [1.82, 2.24) is 0 Å². The molecule has 0 aliphatic rings. The van der Waals surface area contributed by atoms with Crippen LogP contribution < -0.4 is 5.73 Å². The molecule has 3 nitrogen and oxygen atoms in total. The molecule has 0 heterocycles. The van der Waals surface area contributed by atoms with Crippen molar-refractivity contribution in [2.45, 2.75) is 6.43 Å². The molecular formula is C4H8ClF2NO2. The Hall–Kier alpha value is -0.420. The molecule has 0 unspecified atom stereocenters. The van der Waals surface area contributed by atoms with Gasteiger partial charge in [-0.2, -0.15) is 0 Å². The van der Waals surface area contributed by atoms with Crippen molar-refractivity contribution in [3.05, 3.63) is 0 Å². The second-order valence-corrected chi connectivity index (χ2v) is 1.28. The van der Waals surface area contributed by atoms with Gasteiger partial charge in [-0.05, 0) is 0 Å². The predicted molar refractivity (Wildman–Crippen MR) is 33.3 cm³/mol. The summed E-state index contributed by atoms with van der Waals surface area (Å²) in [6.45, 7) is -1.22. The van der Waals surface area contributed by atoms with E-state index < -0.39 is 19.0 Å². The first-order valence-electron chi connectivity index (χ1n) is 2.30. The lowest BCUT2D eigenvalue weighted by Crippen LogP contribution is -2.19. The van der Waals surface area contributed by atoms with Gasteiger partial charge in [-0.15, -0.1) is 12.4 Å². The summed E-state index contributed by atoms with van der Waals surface area (Å²) in [5, 5.41) is 0. The summed E-state index contributed by atoms with van der Waals surface area (Å²) in [5.41, 5.74) is 4.74. The Morgan fingerprint density at radius 3 is 2.40 bits per heavy atom. The number of hydrogen-bond acceptors (Lipinski definition) is 3. The highest BCUT2D eigenvalue weighted by Gasteiger charge is 2.05. The third kappa shape index (κ3) is 7.58. The molecule has 0 spiro atoms. The van der Waals surface area contributed by atoms with E-state index in [1.165, 1.54) is 0 Å². The second kappa shape index (κ2) is 6.70. The standard InChI is InChI=1S/C4H7F2NO2.ClH/c5-3(6)2-9-4(8)1-7;/h3H,1-2,7H2;1H. The lowest BCUT2D eigenvalue weighted by atomic mass is 10.7. The van der Waals surface area contributed by atoms with E-state index in [1.54, 1.807) is 0 Å². The molecule has 6 heteroatoms. The van der Waals surface area contributed by atoms with Gasteiger partial charge < -0.3 is 10.5 Å². The van der Waals surface area contributed by atoms with Gasteiger partial charge in [-0.25, -0.2) is 8.78 Å². The fourth-order valence-corrected chi connectivity index (χ4v) is 0.215. The molecule has 10 heavy (non-hydrogen) atoms. The van der Waals surface area contributed by atoms with E-state index in [9.17, 15) is 13.6 Å². The van der Waals surface area contributed by atoms with Gasteiger partial charge in [0, 0.05) is 0 Å². The van der Waals surface area contributed by atoms with Crippen molar-refractivity contribution in [2.75, 3.05) is 13.2 Å². The number of carbonyl (C=O) groups excluding carboxylic acids is 1. The summed E-state index contributed by atoms with van der Waals surface area (Å²) in [4.78, 5) is 10.0. The Kier molecular flexibility index (Phi) is 8.22. The van der Waals surface area contributed by atoms with Gasteiger partial charge in [0.25, 0.3) is 6.43 Å². The minimum atomic E-state index is -2.61. The molecule has 2 N–H and O–H groups in total. The number of rotatable bonds is 3. The van der Waals surface area contributed by atoms with Crippen molar-refractivity contribution in [2.24, 2.45) is 5.73 Å². The molecule has 0 aliphatic heterocycles. The largest absolute Gasteiger partial charge is 0.459 e. The lowest BCUT2D eigenvalue weighted by molar-refractivity contribution is -0.145. The second-order valence-electron chi connectivity index (χ2n) is 1.28. The van der Waals surface area contributed by atoms with Crippen LogP contribution in [0, 0.1) is 0 Å². The topological polar surface area (TPSA) is 52.3 Å². The Morgan fingerprint density at radius 2 is 2.10 bits per heavy atom. The molecule has 0 aromatic carbocycles. The predicted octanol–water partition coefficient (Wildman–Crippen LogP) is 0.175. The van der Waals surface area contributed by atoms with Gasteiger partial charge in [0.1, 0.15) is 0 Å². The lowest BCUT2D eigenvalue weighted by Gasteiger charge is -1.99. The highest BCUT2D eigenvalue weighted by Crippen LogP contribution is 1.91. The van der Waals surface area contributed by atoms with E-state index >= 15 is 0 Å². The number of carbonyl (C=O) groups is 1. The van der Waals surface area contributed by atoms with Crippen molar-refractivity contribution < 1.29 is 18.3 Å². The average Bonchev–Trinajstić information content (AvgIpc) is 1.83. The maximum absolute atomic E-state index is 11.2. The summed E-state index contributed by atoms with van der Waals surface area (Å²) < 4.78 is 26.4. The molecule has 0 bridgehead atoms. The van der Waals surface area contributed by atoms with E-state index in [0.717, 1.165) is 0 Å². The van der Waals surface area contributed by atoms with E-state index in [0.29, 0.717) is 0 Å². The monoisotopic (exact) mass is 175 g/mol. The minimum Gasteiger partial charge on any atom is -0.459 e. The molecule has 0 aliphatic carbocycles. The zero-order valence-corrected chi connectivity index (χ0v) is 5.87. The van der Waals surface area contributed by atoms with E-state index in [4.69, 9.17) is 5.73 Å². The maximum Gasteiger partial charge on any atom is 0.319 e. The van der Waals surface area contributed by atoms with Gasteiger partial charge in [0.15, 0.2) is 6.61 Å². The molecule has 0 radical (unpaired) electrons. The van der Waals surface area contributed by atoms with Crippen LogP contribution in [0.2, 0.25) is 0 Å². The Labute approximate surface area is 62.9 Å². The first-order chi connectivity index (χ1) is 4.16. The molecule has 0 aromatic heterocycles. The SMILES string of the molecule is Cl.NCC(=O)OCC(F)F. The quantitative estimate of drug-likeness (QED) is 0.623. The van der Waals surface area contributed by atoms with Crippen molar-refractivity contribution in [3.8, 4) is 0 Å². The van der Waals surface area contributed by atoms with Crippen molar-refractivity contribution >= 4 is 18.4 Å². The molecule has 0 rings (SSSR count). The molecular weight excluding hydrogens is 167 g/mol. The fraction of sp³-hybridized carbons (Fsp3) is 0.750. The molecule has 0 aromatic rings. The summed E-state index contributed by atoms with van der Waals surface area (Å²) in [5.74, 6) is -0.810. The Balaban J connectivity index is 0. The van der Waals surface area contributed by atoms with Crippen LogP contribution in [-0.2, 0) is 9.53 Å². The average molecular weight is 176 g/mol. The van der Waals surface area contributed by atoms with E-state index in [-0.39, 0.29) is 19.0 Å². The van der Waals surface area contributed by atoms with Crippen LogP contribution in [0.25, 0.3) is 0 Å². The molecule has 62 valence electrons. The van der Waals surface area contributed by atoms with Gasteiger partial charge in [0.05, 0.1) is 6.54 Å². The zero-order chi connectivity index (χ0) is 7.28. The summed E-state index contributed by atoms with van der Waals surface area (Å²) in [7, 11) is 0. The third-order valence-electron chi connectivity index (χ3n) is 0.537. The van der Waals surface area contributed by atoms with Crippen molar-refractivity contribution in [1.29, 1.82) is 0 Å². The minimum absolute atomic E-state index is 0. The summed E-state index contributed by atoms with van der Waals surface area (Å²) in [6.07, 6.45) is -2.61. The fourth-order valence-electron chi connectivity index (χ4n) is 0.215. The summed E-state index contributed by atoms with van der Waals surface area (Å²) in [6, 6.07) is 0. The van der Waals surface area contributed by atoms with Crippen molar-refractivity contribution in [3.63, 3.8) is 0 Å². The smallest absolute Gasteiger partial charge is 0.319 e. The number of nitrogens with two attached hydrogens (primary N) is 1. The van der Waals surface area contributed by atoms with Gasteiger partial charge in [0.2, 0.25) is 0 Å². The molecule has 0 amide bonds. The molecule has 0 fully saturated rings. The molecule has 0 saturated carbocycles. The zero-order valence-electron chi connectivity index (χ0n) is 5.05. The molecule has 0 atom stereocenters. The third-order valence-corrected chi connectivity index (χ3v) is 0.537. The highest BCUT2D eigenvalue weighted by molar-refractivity contribution is 5.85. The van der Waals surface area contributed by atoms with Crippen LogP contribution in [0.3, 0.4) is 0 Å². The Morgan fingerprint density at radius 1 is 1.60 bits per heavy atom. The van der Waals surface area contributed by atoms with Gasteiger partial charge >= 0.3 is 5.97 Å². The van der Waals surface area contributed by atoms with E-state index in [2.05, 4.69) is 4.74 Å². The van der Waals surface area contributed by atoms with Crippen LogP contribution in [-0.4, -0.2) is 25.5 Å². The van der Waals surface area contributed by atoms with E-state index in [1.807, 2.05) is 0 Å². The van der Waals surface area contributed by atoms with Gasteiger partial charge in [-0.1, -0.05) is 0 Å².